The van der Waals surface area contributed by atoms with Gasteiger partial charge in [-0.05, 0) is 44.9 Å². The van der Waals surface area contributed by atoms with Crippen LogP contribution < -0.4 is 5.32 Å². The highest BCUT2D eigenvalue weighted by Gasteiger charge is 2.31. The van der Waals surface area contributed by atoms with Gasteiger partial charge in [0.05, 0.1) is 6.10 Å². The Morgan fingerprint density at radius 1 is 1.18 bits per heavy atom. The Morgan fingerprint density at radius 2 is 1.93 bits per heavy atom. The summed E-state index contributed by atoms with van der Waals surface area (Å²) in [6.45, 7) is 7.77. The normalized spacial score (nSPS) is 20.1. The van der Waals surface area contributed by atoms with E-state index in [0.717, 1.165) is 18.8 Å². The zero-order valence-corrected chi connectivity index (χ0v) is 16.8. The minimum absolute atomic E-state index is 0.119. The maximum absolute atomic E-state index is 11.9. The van der Waals surface area contributed by atoms with Crippen molar-refractivity contribution in [1.29, 1.82) is 0 Å². The van der Waals surface area contributed by atoms with Crippen LogP contribution in [0.1, 0.15) is 32.0 Å². The molecule has 0 radical (unpaired) electrons. The second kappa shape index (κ2) is 8.71. The summed E-state index contributed by atoms with van der Waals surface area (Å²) in [5.74, 6) is 0.577. The lowest BCUT2D eigenvalue weighted by Crippen LogP contribution is -2.27. The van der Waals surface area contributed by atoms with Crippen LogP contribution in [0, 0.1) is 5.92 Å². The number of amides is 1. The predicted octanol–water partition coefficient (Wildman–Crippen LogP) is 3.46. The van der Waals surface area contributed by atoms with Crippen molar-refractivity contribution in [3.8, 4) is 0 Å². The molecule has 2 atom stereocenters. The van der Waals surface area contributed by atoms with Crippen LogP contribution in [0.4, 0.5) is 10.6 Å². The van der Waals surface area contributed by atoms with E-state index in [0.29, 0.717) is 18.8 Å². The number of pyridine rings is 1. The fourth-order valence-corrected chi connectivity index (χ4v) is 3.45. The molecule has 0 spiro atoms. The first-order valence-corrected chi connectivity index (χ1v) is 9.69. The van der Waals surface area contributed by atoms with E-state index in [-0.39, 0.29) is 12.0 Å². The smallest absolute Gasteiger partial charge is 0.413 e. The summed E-state index contributed by atoms with van der Waals surface area (Å²) in [6, 6.07) is 15.8. The topological polar surface area (TPSA) is 74.7 Å². The van der Waals surface area contributed by atoms with Gasteiger partial charge in [-0.3, -0.25) is 10.2 Å². The molecule has 1 amide bonds. The van der Waals surface area contributed by atoms with E-state index >= 15 is 0 Å². The van der Waals surface area contributed by atoms with E-state index in [1.165, 1.54) is 5.56 Å². The Kier molecular flexibility index (Phi) is 6.31. The van der Waals surface area contributed by atoms with Gasteiger partial charge in [0.25, 0.3) is 0 Å². The molecule has 1 aliphatic rings. The Labute approximate surface area is 166 Å². The molecule has 0 saturated carbocycles. The first-order chi connectivity index (χ1) is 13.3. The van der Waals surface area contributed by atoms with Crippen molar-refractivity contribution in [2.24, 2.45) is 5.92 Å². The second-order valence-corrected chi connectivity index (χ2v) is 8.35. The first kappa shape index (κ1) is 20.3. The summed E-state index contributed by atoms with van der Waals surface area (Å²) >= 11 is 0. The largest absolute Gasteiger partial charge is 0.444 e. The summed E-state index contributed by atoms with van der Waals surface area (Å²) in [5, 5.41) is 13.2. The van der Waals surface area contributed by atoms with Gasteiger partial charge in [-0.1, -0.05) is 36.4 Å². The van der Waals surface area contributed by atoms with Crippen molar-refractivity contribution in [1.82, 2.24) is 9.88 Å². The molecular weight excluding hydrogens is 354 g/mol. The van der Waals surface area contributed by atoms with Crippen LogP contribution in [0.5, 0.6) is 0 Å². The molecule has 1 saturated heterocycles. The van der Waals surface area contributed by atoms with E-state index in [1.807, 2.05) is 51.1 Å². The Hall–Kier alpha value is -2.44. The van der Waals surface area contributed by atoms with E-state index in [2.05, 4.69) is 27.3 Å². The number of nitrogens with one attached hydrogen (secondary N) is 1. The highest BCUT2D eigenvalue weighted by atomic mass is 16.6. The summed E-state index contributed by atoms with van der Waals surface area (Å²) < 4.78 is 5.27. The number of aliphatic hydroxyl groups is 1. The summed E-state index contributed by atoms with van der Waals surface area (Å²) in [7, 11) is 0. The predicted molar refractivity (Wildman–Crippen MR) is 109 cm³/mol. The van der Waals surface area contributed by atoms with Crippen molar-refractivity contribution >= 4 is 11.9 Å². The number of aliphatic hydroxyl groups excluding tert-OH is 1. The SMILES string of the molecule is CC(C)(C)OC(=O)Nc1cccc(C[C@@H]2CN(Cc3ccccc3)C[C@H]2O)n1. The van der Waals surface area contributed by atoms with E-state index in [1.54, 1.807) is 6.07 Å². The third-order valence-corrected chi connectivity index (χ3v) is 4.64. The van der Waals surface area contributed by atoms with Crippen LogP contribution in [0.2, 0.25) is 0 Å². The summed E-state index contributed by atoms with van der Waals surface area (Å²) in [6.07, 6.45) is -0.240. The number of anilines is 1. The number of carbonyl (C=O) groups is 1. The number of aromatic nitrogens is 1. The molecule has 0 aliphatic carbocycles. The average Bonchev–Trinajstić information content (AvgIpc) is 2.93. The Bertz CT molecular complexity index is 789. The summed E-state index contributed by atoms with van der Waals surface area (Å²) in [4.78, 5) is 18.7. The average molecular weight is 383 g/mol. The van der Waals surface area contributed by atoms with Crippen LogP contribution in [-0.2, 0) is 17.7 Å². The van der Waals surface area contributed by atoms with Crippen molar-refractivity contribution in [3.05, 3.63) is 59.8 Å². The van der Waals surface area contributed by atoms with E-state index in [4.69, 9.17) is 4.74 Å². The fraction of sp³-hybridized carbons (Fsp3) is 0.455. The van der Waals surface area contributed by atoms with Gasteiger partial charge >= 0.3 is 6.09 Å². The quantitative estimate of drug-likeness (QED) is 0.827. The summed E-state index contributed by atoms with van der Waals surface area (Å²) in [5.41, 5.74) is 1.54. The van der Waals surface area contributed by atoms with Gasteiger partial charge in [-0.15, -0.1) is 0 Å². The number of hydrogen-bond acceptors (Lipinski definition) is 5. The van der Waals surface area contributed by atoms with Crippen LogP contribution in [0.15, 0.2) is 48.5 Å². The standard InChI is InChI=1S/C22H29N3O3/c1-22(2,3)28-21(27)24-20-11-7-10-18(23-20)12-17-14-25(15-19(17)26)13-16-8-5-4-6-9-16/h4-11,17,19,26H,12-15H2,1-3H3,(H,23,24,27)/t17-,19-/m1/s1. The maximum atomic E-state index is 11.9. The van der Waals surface area contributed by atoms with Gasteiger partial charge < -0.3 is 9.84 Å². The number of benzene rings is 1. The molecule has 28 heavy (non-hydrogen) atoms. The van der Waals surface area contributed by atoms with Crippen molar-refractivity contribution < 1.29 is 14.6 Å². The van der Waals surface area contributed by atoms with Crippen LogP contribution in [-0.4, -0.2) is 45.9 Å². The fourth-order valence-electron chi connectivity index (χ4n) is 3.45. The van der Waals surface area contributed by atoms with Gasteiger partial charge in [-0.25, -0.2) is 9.78 Å². The molecule has 1 fully saturated rings. The zero-order valence-electron chi connectivity index (χ0n) is 16.8. The lowest BCUT2D eigenvalue weighted by Gasteiger charge is -2.19. The molecule has 2 heterocycles. The second-order valence-electron chi connectivity index (χ2n) is 8.35. The Morgan fingerprint density at radius 3 is 2.64 bits per heavy atom. The van der Waals surface area contributed by atoms with Crippen molar-refractivity contribution in [3.63, 3.8) is 0 Å². The molecular formula is C22H29N3O3. The minimum atomic E-state index is -0.558. The molecule has 1 aromatic heterocycles. The van der Waals surface area contributed by atoms with Crippen LogP contribution in [0.3, 0.4) is 0 Å². The van der Waals surface area contributed by atoms with Crippen LogP contribution in [0.25, 0.3) is 0 Å². The third-order valence-electron chi connectivity index (χ3n) is 4.64. The number of β-amino-alcohol motifs (C(OH)–C–C–N with tert-alkyl or cyclic N) is 1. The highest BCUT2D eigenvalue weighted by molar-refractivity contribution is 5.83. The number of nitrogens with zero attached hydrogens (tertiary/aromatic N) is 2. The van der Waals surface area contributed by atoms with Crippen molar-refractivity contribution in [2.75, 3.05) is 18.4 Å². The number of carbonyl (C=O) groups excluding carboxylic acids is 1. The van der Waals surface area contributed by atoms with Gasteiger partial charge in [0.15, 0.2) is 0 Å². The molecule has 6 heteroatoms. The Balaban J connectivity index is 1.57. The van der Waals surface area contributed by atoms with E-state index in [9.17, 15) is 9.90 Å². The lowest BCUT2D eigenvalue weighted by atomic mass is 10.00. The zero-order chi connectivity index (χ0) is 20.1. The molecule has 3 rings (SSSR count). The molecule has 2 N–H and O–H groups in total. The third kappa shape index (κ3) is 6.04. The lowest BCUT2D eigenvalue weighted by molar-refractivity contribution is 0.0635. The molecule has 1 aliphatic heterocycles. The minimum Gasteiger partial charge on any atom is -0.444 e. The first-order valence-electron chi connectivity index (χ1n) is 9.69. The van der Waals surface area contributed by atoms with Gasteiger partial charge in [0.2, 0.25) is 0 Å². The van der Waals surface area contributed by atoms with E-state index < -0.39 is 11.7 Å². The molecule has 0 unspecified atom stereocenters. The number of hydrogen-bond donors (Lipinski definition) is 2. The molecule has 0 bridgehead atoms. The van der Waals surface area contributed by atoms with Gasteiger partial charge in [0, 0.05) is 31.2 Å². The van der Waals surface area contributed by atoms with Gasteiger partial charge in [0.1, 0.15) is 11.4 Å². The molecule has 1 aromatic carbocycles. The highest BCUT2D eigenvalue weighted by Crippen LogP contribution is 2.23. The monoisotopic (exact) mass is 383 g/mol. The molecule has 2 aromatic rings. The number of rotatable bonds is 5. The number of likely N-dealkylation sites (tertiary alicyclic amines) is 1. The van der Waals surface area contributed by atoms with Crippen molar-refractivity contribution in [2.45, 2.75) is 45.4 Å². The number of ether oxygens (including phenoxy) is 1. The molecule has 150 valence electrons. The maximum Gasteiger partial charge on any atom is 0.413 e. The molecule has 6 nitrogen and oxygen atoms in total. The van der Waals surface area contributed by atoms with Crippen LogP contribution >= 0.6 is 0 Å². The van der Waals surface area contributed by atoms with Gasteiger partial charge in [-0.2, -0.15) is 0 Å².